The average Bonchev–Trinajstić information content (AvgIpc) is 3.43. The number of H-pyrrole nitrogens is 1. The van der Waals surface area contributed by atoms with Crippen LogP contribution >= 0.6 is 15.9 Å². The van der Waals surface area contributed by atoms with E-state index in [1.807, 2.05) is 18.2 Å². The van der Waals surface area contributed by atoms with E-state index in [0.717, 1.165) is 46.1 Å². The fraction of sp³-hybridized carbons (Fsp3) is 0.217. The number of rotatable bonds is 5. The molecule has 7 nitrogen and oxygen atoms in total. The zero-order valence-corrected chi connectivity index (χ0v) is 19.7. The van der Waals surface area contributed by atoms with Crippen molar-refractivity contribution in [1.82, 2.24) is 20.3 Å². The Bertz CT molecular complexity index is 1380. The van der Waals surface area contributed by atoms with Gasteiger partial charge in [0.15, 0.2) is 15.7 Å². The van der Waals surface area contributed by atoms with Crippen molar-refractivity contribution in [2.75, 3.05) is 12.8 Å². The number of fused-ring (bicyclic) bond motifs is 1. The topological polar surface area (TPSA) is 97.0 Å². The van der Waals surface area contributed by atoms with Gasteiger partial charge in [0.1, 0.15) is 17.2 Å². The first kappa shape index (κ1) is 21.1. The SMILES string of the molecule is CS(=O)(=O)c1ccc(Oc2cc3nc(-c4ccc(Br)cn4)[nH]c3cc2C2CCCN2)cc1. The quantitative estimate of drug-likeness (QED) is 0.390. The number of imidazole rings is 1. The van der Waals surface area contributed by atoms with Crippen molar-refractivity contribution in [1.29, 1.82) is 0 Å². The van der Waals surface area contributed by atoms with E-state index in [1.165, 1.54) is 6.26 Å². The Morgan fingerprint density at radius 1 is 1.12 bits per heavy atom. The molecule has 1 fully saturated rings. The number of ether oxygens (including phenoxy) is 1. The molecule has 0 aliphatic carbocycles. The molecule has 1 unspecified atom stereocenters. The van der Waals surface area contributed by atoms with Gasteiger partial charge >= 0.3 is 0 Å². The zero-order chi connectivity index (χ0) is 22.3. The first-order valence-corrected chi connectivity index (χ1v) is 12.9. The van der Waals surface area contributed by atoms with Gasteiger partial charge in [-0.3, -0.25) is 4.98 Å². The Hall–Kier alpha value is -2.75. The molecule has 4 aromatic rings. The van der Waals surface area contributed by atoms with E-state index in [2.05, 4.69) is 37.3 Å². The Kier molecular flexibility index (Phi) is 5.48. The molecule has 0 spiro atoms. The molecule has 2 N–H and O–H groups in total. The van der Waals surface area contributed by atoms with Gasteiger partial charge in [-0.1, -0.05) is 0 Å². The van der Waals surface area contributed by atoms with Crippen LogP contribution in [-0.2, 0) is 9.84 Å². The minimum Gasteiger partial charge on any atom is -0.457 e. The molecule has 0 radical (unpaired) electrons. The summed E-state index contributed by atoms with van der Waals surface area (Å²) in [5.74, 6) is 1.96. The van der Waals surface area contributed by atoms with Gasteiger partial charge < -0.3 is 15.0 Å². The van der Waals surface area contributed by atoms with Gasteiger partial charge in [0, 0.05) is 34.6 Å². The number of hydrogen-bond acceptors (Lipinski definition) is 6. The maximum atomic E-state index is 11.7. The summed E-state index contributed by atoms with van der Waals surface area (Å²) in [6.45, 7) is 0.961. The Labute approximate surface area is 194 Å². The van der Waals surface area contributed by atoms with Gasteiger partial charge in [0.2, 0.25) is 0 Å². The van der Waals surface area contributed by atoms with Gasteiger partial charge in [0.05, 0.1) is 15.9 Å². The number of nitrogens with zero attached hydrogens (tertiary/aromatic N) is 2. The maximum Gasteiger partial charge on any atom is 0.175 e. The molecule has 2 aromatic heterocycles. The molecule has 164 valence electrons. The third kappa shape index (κ3) is 4.28. The first-order valence-electron chi connectivity index (χ1n) is 10.2. The second kappa shape index (κ2) is 8.31. The number of sulfone groups is 1. The molecule has 1 aliphatic heterocycles. The lowest BCUT2D eigenvalue weighted by Crippen LogP contribution is -2.13. The van der Waals surface area contributed by atoms with Crippen LogP contribution in [0.3, 0.4) is 0 Å². The van der Waals surface area contributed by atoms with Crippen molar-refractivity contribution < 1.29 is 13.2 Å². The average molecular weight is 513 g/mol. The Balaban J connectivity index is 1.55. The number of aromatic nitrogens is 3. The molecule has 32 heavy (non-hydrogen) atoms. The van der Waals surface area contributed by atoms with Crippen LogP contribution in [0.5, 0.6) is 11.5 Å². The lowest BCUT2D eigenvalue weighted by molar-refractivity contribution is 0.466. The van der Waals surface area contributed by atoms with Gasteiger partial charge in [0.25, 0.3) is 0 Å². The lowest BCUT2D eigenvalue weighted by Gasteiger charge is -2.17. The van der Waals surface area contributed by atoms with Crippen molar-refractivity contribution in [3.63, 3.8) is 0 Å². The summed E-state index contributed by atoms with van der Waals surface area (Å²) >= 11 is 3.41. The fourth-order valence-electron chi connectivity index (χ4n) is 3.88. The summed E-state index contributed by atoms with van der Waals surface area (Å²) in [6.07, 6.45) is 5.05. The summed E-state index contributed by atoms with van der Waals surface area (Å²) in [7, 11) is -3.26. The van der Waals surface area contributed by atoms with Crippen LogP contribution in [0.2, 0.25) is 0 Å². The molecular weight excluding hydrogens is 492 g/mol. The van der Waals surface area contributed by atoms with Crippen molar-refractivity contribution in [2.24, 2.45) is 0 Å². The smallest absolute Gasteiger partial charge is 0.175 e. The predicted octanol–water partition coefficient (Wildman–Crippen LogP) is 5.01. The maximum absolute atomic E-state index is 11.7. The first-order chi connectivity index (χ1) is 15.4. The highest BCUT2D eigenvalue weighted by Gasteiger charge is 2.22. The van der Waals surface area contributed by atoms with E-state index >= 15 is 0 Å². The van der Waals surface area contributed by atoms with Gasteiger partial charge in [-0.25, -0.2) is 13.4 Å². The van der Waals surface area contributed by atoms with E-state index in [0.29, 0.717) is 17.3 Å². The highest BCUT2D eigenvalue weighted by atomic mass is 79.9. The second-order valence-corrected chi connectivity index (χ2v) is 10.8. The number of aromatic amines is 1. The number of hydrogen-bond donors (Lipinski definition) is 2. The number of benzene rings is 2. The van der Waals surface area contributed by atoms with Crippen LogP contribution in [0, 0.1) is 0 Å². The van der Waals surface area contributed by atoms with E-state index in [4.69, 9.17) is 9.72 Å². The molecule has 3 heterocycles. The van der Waals surface area contributed by atoms with E-state index < -0.39 is 9.84 Å². The van der Waals surface area contributed by atoms with Crippen LogP contribution in [0.25, 0.3) is 22.6 Å². The fourth-order valence-corrected chi connectivity index (χ4v) is 4.75. The standard InChI is InChI=1S/C23H21BrN4O3S/c1-32(29,30)16-7-5-15(6-8-16)31-22-12-21-20(11-17(22)18-3-2-10-25-18)27-23(28-21)19-9-4-14(24)13-26-19/h4-9,11-13,18,25H,2-3,10H2,1H3,(H,27,28). The minimum atomic E-state index is -3.26. The van der Waals surface area contributed by atoms with Crippen LogP contribution < -0.4 is 10.1 Å². The minimum absolute atomic E-state index is 0.183. The van der Waals surface area contributed by atoms with Crippen LogP contribution in [0.4, 0.5) is 0 Å². The summed E-state index contributed by atoms with van der Waals surface area (Å²) in [5.41, 5.74) is 3.48. The number of halogens is 1. The Morgan fingerprint density at radius 3 is 2.59 bits per heavy atom. The Morgan fingerprint density at radius 2 is 1.94 bits per heavy atom. The summed E-state index contributed by atoms with van der Waals surface area (Å²) in [5, 5.41) is 3.53. The van der Waals surface area contributed by atoms with Crippen molar-refractivity contribution >= 4 is 36.8 Å². The monoisotopic (exact) mass is 512 g/mol. The number of pyridine rings is 1. The van der Waals surface area contributed by atoms with Gasteiger partial charge in [-0.05, 0) is 77.8 Å². The third-order valence-electron chi connectivity index (χ3n) is 5.50. The van der Waals surface area contributed by atoms with Crippen molar-refractivity contribution in [3.05, 3.63) is 64.8 Å². The van der Waals surface area contributed by atoms with E-state index in [9.17, 15) is 8.42 Å². The largest absolute Gasteiger partial charge is 0.457 e. The van der Waals surface area contributed by atoms with E-state index in [1.54, 1.807) is 30.5 Å². The highest BCUT2D eigenvalue weighted by molar-refractivity contribution is 9.10. The van der Waals surface area contributed by atoms with Gasteiger partial charge in [-0.2, -0.15) is 0 Å². The molecule has 0 saturated carbocycles. The lowest BCUT2D eigenvalue weighted by atomic mass is 10.0. The molecular formula is C23H21BrN4O3S. The second-order valence-electron chi connectivity index (χ2n) is 7.85. The molecule has 2 aromatic carbocycles. The van der Waals surface area contributed by atoms with Crippen molar-refractivity contribution in [2.45, 2.75) is 23.8 Å². The summed E-state index contributed by atoms with van der Waals surface area (Å²) < 4.78 is 30.6. The summed E-state index contributed by atoms with van der Waals surface area (Å²) in [4.78, 5) is 12.8. The van der Waals surface area contributed by atoms with Crippen LogP contribution in [0.15, 0.2) is 64.1 Å². The van der Waals surface area contributed by atoms with E-state index in [-0.39, 0.29) is 10.9 Å². The third-order valence-corrected chi connectivity index (χ3v) is 7.10. The molecule has 1 saturated heterocycles. The van der Waals surface area contributed by atoms with Crippen molar-refractivity contribution in [3.8, 4) is 23.0 Å². The molecule has 9 heteroatoms. The zero-order valence-electron chi connectivity index (χ0n) is 17.3. The van der Waals surface area contributed by atoms with Crippen LogP contribution in [0.1, 0.15) is 24.4 Å². The molecule has 5 rings (SSSR count). The molecule has 0 bridgehead atoms. The molecule has 1 atom stereocenters. The predicted molar refractivity (Wildman–Crippen MR) is 127 cm³/mol. The summed E-state index contributed by atoms with van der Waals surface area (Å²) in [6, 6.07) is 14.5. The molecule has 1 aliphatic rings. The normalized spacial score (nSPS) is 16.5. The van der Waals surface area contributed by atoms with Crippen LogP contribution in [-0.4, -0.2) is 36.2 Å². The highest BCUT2D eigenvalue weighted by Crippen LogP contribution is 2.37. The number of nitrogens with one attached hydrogen (secondary N) is 2. The molecule has 0 amide bonds. The van der Waals surface area contributed by atoms with Gasteiger partial charge in [-0.15, -0.1) is 0 Å².